The summed E-state index contributed by atoms with van der Waals surface area (Å²) in [5, 5.41) is 6.26. The van der Waals surface area contributed by atoms with Crippen molar-refractivity contribution in [3.63, 3.8) is 0 Å². The fraction of sp³-hybridized carbons (Fsp3) is 0.909. The van der Waals surface area contributed by atoms with E-state index in [0.717, 1.165) is 45.6 Å². The SMILES string of the molecule is Cl.O=C(NCC1CCOC1)[C@@H]1CCCCN1. The maximum absolute atomic E-state index is 11.7. The van der Waals surface area contributed by atoms with Gasteiger partial charge in [0.2, 0.25) is 5.91 Å². The maximum Gasteiger partial charge on any atom is 0.237 e. The number of carbonyl (C=O) groups excluding carboxylic acids is 1. The van der Waals surface area contributed by atoms with E-state index in [4.69, 9.17) is 4.74 Å². The molecule has 2 aliphatic rings. The Labute approximate surface area is 103 Å². The van der Waals surface area contributed by atoms with Gasteiger partial charge in [0.05, 0.1) is 12.6 Å². The highest BCUT2D eigenvalue weighted by Gasteiger charge is 2.22. The van der Waals surface area contributed by atoms with E-state index in [9.17, 15) is 4.79 Å². The summed E-state index contributed by atoms with van der Waals surface area (Å²) in [6.07, 6.45) is 4.42. The first kappa shape index (κ1) is 13.7. The molecular weight excluding hydrogens is 228 g/mol. The van der Waals surface area contributed by atoms with Crippen LogP contribution >= 0.6 is 12.4 Å². The number of piperidine rings is 1. The normalized spacial score (nSPS) is 29.5. The van der Waals surface area contributed by atoms with E-state index in [2.05, 4.69) is 10.6 Å². The minimum atomic E-state index is 0. The van der Waals surface area contributed by atoms with Crippen molar-refractivity contribution in [2.45, 2.75) is 31.7 Å². The summed E-state index contributed by atoms with van der Waals surface area (Å²) in [6, 6.07) is 0.0427. The average Bonchev–Trinajstić information content (AvgIpc) is 2.80. The van der Waals surface area contributed by atoms with Crippen LogP contribution in [0.4, 0.5) is 0 Å². The van der Waals surface area contributed by atoms with Crippen LogP contribution in [0.15, 0.2) is 0 Å². The summed E-state index contributed by atoms with van der Waals surface area (Å²) in [6.45, 7) is 3.40. The second kappa shape index (κ2) is 7.09. The third-order valence-corrected chi connectivity index (χ3v) is 3.22. The minimum absolute atomic E-state index is 0. The molecule has 16 heavy (non-hydrogen) atoms. The van der Waals surface area contributed by atoms with E-state index in [-0.39, 0.29) is 24.4 Å². The molecule has 2 fully saturated rings. The molecule has 4 nitrogen and oxygen atoms in total. The lowest BCUT2D eigenvalue weighted by molar-refractivity contribution is -0.123. The van der Waals surface area contributed by atoms with Crippen LogP contribution in [-0.4, -0.2) is 38.3 Å². The molecule has 0 aromatic rings. The minimum Gasteiger partial charge on any atom is -0.381 e. The van der Waals surface area contributed by atoms with Gasteiger partial charge in [0.1, 0.15) is 0 Å². The van der Waals surface area contributed by atoms with Crippen molar-refractivity contribution in [3.05, 3.63) is 0 Å². The number of carbonyl (C=O) groups is 1. The molecule has 0 radical (unpaired) electrons. The standard InChI is InChI=1S/C11H20N2O2.ClH/c14-11(10-3-1-2-5-12-10)13-7-9-4-6-15-8-9;/h9-10,12H,1-8H2,(H,13,14);1H/t9?,10-;/m0./s1. The molecule has 2 saturated heterocycles. The maximum atomic E-state index is 11.7. The number of rotatable bonds is 3. The zero-order valence-electron chi connectivity index (χ0n) is 9.54. The quantitative estimate of drug-likeness (QED) is 0.773. The number of nitrogens with one attached hydrogen (secondary N) is 2. The van der Waals surface area contributed by atoms with Gasteiger partial charge in [-0.05, 0) is 25.8 Å². The molecule has 0 aliphatic carbocycles. The van der Waals surface area contributed by atoms with Gasteiger partial charge in [-0.15, -0.1) is 12.4 Å². The molecule has 94 valence electrons. The second-order valence-corrected chi connectivity index (χ2v) is 4.48. The van der Waals surface area contributed by atoms with E-state index in [0.29, 0.717) is 5.92 Å². The Hall–Kier alpha value is -0.320. The fourth-order valence-corrected chi connectivity index (χ4v) is 2.19. The van der Waals surface area contributed by atoms with E-state index < -0.39 is 0 Å². The zero-order valence-corrected chi connectivity index (χ0v) is 10.4. The summed E-state index contributed by atoms with van der Waals surface area (Å²) in [5.41, 5.74) is 0. The first-order chi connectivity index (χ1) is 7.36. The van der Waals surface area contributed by atoms with Gasteiger partial charge in [-0.25, -0.2) is 0 Å². The number of halogens is 1. The van der Waals surface area contributed by atoms with Gasteiger partial charge >= 0.3 is 0 Å². The van der Waals surface area contributed by atoms with Crippen molar-refractivity contribution >= 4 is 18.3 Å². The van der Waals surface area contributed by atoms with Crippen LogP contribution in [-0.2, 0) is 9.53 Å². The Morgan fingerprint density at radius 2 is 2.25 bits per heavy atom. The van der Waals surface area contributed by atoms with Crippen molar-refractivity contribution in [3.8, 4) is 0 Å². The van der Waals surface area contributed by atoms with Crippen LogP contribution in [0.1, 0.15) is 25.7 Å². The molecule has 0 aromatic carbocycles. The highest BCUT2D eigenvalue weighted by Crippen LogP contribution is 2.11. The topological polar surface area (TPSA) is 50.4 Å². The van der Waals surface area contributed by atoms with Crippen molar-refractivity contribution in [1.29, 1.82) is 0 Å². The van der Waals surface area contributed by atoms with Gasteiger partial charge in [0.15, 0.2) is 0 Å². The second-order valence-electron chi connectivity index (χ2n) is 4.48. The van der Waals surface area contributed by atoms with Crippen LogP contribution in [0.3, 0.4) is 0 Å². The van der Waals surface area contributed by atoms with Gasteiger partial charge in [-0.1, -0.05) is 6.42 Å². The fourth-order valence-electron chi connectivity index (χ4n) is 2.19. The molecule has 2 N–H and O–H groups in total. The van der Waals surface area contributed by atoms with Crippen LogP contribution < -0.4 is 10.6 Å². The highest BCUT2D eigenvalue weighted by atomic mass is 35.5. The molecule has 1 unspecified atom stereocenters. The van der Waals surface area contributed by atoms with E-state index >= 15 is 0 Å². The first-order valence-corrected chi connectivity index (χ1v) is 5.95. The first-order valence-electron chi connectivity index (χ1n) is 5.95. The van der Waals surface area contributed by atoms with Gasteiger partial charge in [-0.3, -0.25) is 4.79 Å². The summed E-state index contributed by atoms with van der Waals surface area (Å²) in [4.78, 5) is 11.7. The summed E-state index contributed by atoms with van der Waals surface area (Å²) in [7, 11) is 0. The van der Waals surface area contributed by atoms with Crippen molar-refractivity contribution in [2.24, 2.45) is 5.92 Å². The number of ether oxygens (including phenoxy) is 1. The van der Waals surface area contributed by atoms with E-state index in [1.807, 2.05) is 0 Å². The molecule has 0 saturated carbocycles. The predicted molar refractivity (Wildman–Crippen MR) is 64.8 cm³/mol. The van der Waals surface area contributed by atoms with Crippen molar-refractivity contribution in [2.75, 3.05) is 26.3 Å². The predicted octanol–water partition coefficient (Wildman–Crippen LogP) is 0.703. The van der Waals surface area contributed by atoms with Gasteiger partial charge in [0, 0.05) is 19.1 Å². The molecular formula is C11H21ClN2O2. The molecule has 0 aromatic heterocycles. The van der Waals surface area contributed by atoms with E-state index in [1.54, 1.807) is 0 Å². The number of amides is 1. The molecule has 1 amide bonds. The van der Waals surface area contributed by atoms with Crippen molar-refractivity contribution < 1.29 is 9.53 Å². The summed E-state index contributed by atoms with van der Waals surface area (Å²) < 4.78 is 5.27. The molecule has 2 rings (SSSR count). The lowest BCUT2D eigenvalue weighted by atomic mass is 10.0. The molecule has 0 spiro atoms. The molecule has 2 heterocycles. The highest BCUT2D eigenvalue weighted by molar-refractivity contribution is 5.85. The Bertz CT molecular complexity index is 214. The third kappa shape index (κ3) is 3.92. The zero-order chi connectivity index (χ0) is 10.5. The van der Waals surface area contributed by atoms with Crippen LogP contribution in [0.25, 0.3) is 0 Å². The van der Waals surface area contributed by atoms with E-state index in [1.165, 1.54) is 6.42 Å². The molecule has 0 bridgehead atoms. The molecule has 2 aliphatic heterocycles. The molecule has 5 heteroatoms. The Balaban J connectivity index is 0.00000128. The number of hydrogen-bond acceptors (Lipinski definition) is 3. The number of hydrogen-bond donors (Lipinski definition) is 2. The Kier molecular flexibility index (Phi) is 6.09. The van der Waals surface area contributed by atoms with Crippen molar-refractivity contribution in [1.82, 2.24) is 10.6 Å². The lowest BCUT2D eigenvalue weighted by Gasteiger charge is -2.23. The van der Waals surface area contributed by atoms with Crippen LogP contribution in [0.2, 0.25) is 0 Å². The summed E-state index contributed by atoms with van der Waals surface area (Å²) >= 11 is 0. The van der Waals surface area contributed by atoms with Gasteiger partial charge in [-0.2, -0.15) is 0 Å². The monoisotopic (exact) mass is 248 g/mol. The Morgan fingerprint density at radius 3 is 2.88 bits per heavy atom. The lowest BCUT2D eigenvalue weighted by Crippen LogP contribution is -2.47. The van der Waals surface area contributed by atoms with Gasteiger partial charge in [0.25, 0.3) is 0 Å². The largest absolute Gasteiger partial charge is 0.381 e. The average molecular weight is 249 g/mol. The van der Waals surface area contributed by atoms with Crippen LogP contribution in [0, 0.1) is 5.92 Å². The van der Waals surface area contributed by atoms with Crippen LogP contribution in [0.5, 0.6) is 0 Å². The third-order valence-electron chi connectivity index (χ3n) is 3.22. The Morgan fingerprint density at radius 1 is 1.38 bits per heavy atom. The smallest absolute Gasteiger partial charge is 0.237 e. The molecule has 2 atom stereocenters. The van der Waals surface area contributed by atoms with Gasteiger partial charge < -0.3 is 15.4 Å². The summed E-state index contributed by atoms with van der Waals surface area (Å²) in [5.74, 6) is 0.694.